The molecule has 3 rings (SSSR count). The zero-order valence-electron chi connectivity index (χ0n) is 15.7. The monoisotopic (exact) mass is 480 g/mol. The number of aromatic amines is 1. The van der Waals surface area contributed by atoms with E-state index in [0.717, 1.165) is 12.1 Å². The molecule has 1 aromatic heterocycles. The number of anilines is 1. The highest BCUT2D eigenvalue weighted by atomic mass is 127. The van der Waals surface area contributed by atoms with Gasteiger partial charge in [0, 0.05) is 35.4 Å². The van der Waals surface area contributed by atoms with E-state index in [-0.39, 0.29) is 24.0 Å². The maximum Gasteiger partial charge on any atom is 0.193 e. The fourth-order valence-corrected chi connectivity index (χ4v) is 2.97. The number of nitrogens with two attached hydrogens (primary N) is 1. The van der Waals surface area contributed by atoms with Crippen LogP contribution in [0.15, 0.2) is 47.6 Å². The van der Waals surface area contributed by atoms with Crippen LogP contribution in [0.25, 0.3) is 10.9 Å². The number of aliphatic imine (C=N–C) groups is 1. The predicted octanol–water partition coefficient (Wildman–Crippen LogP) is 4.08. The van der Waals surface area contributed by atoms with Crippen LogP contribution >= 0.6 is 24.0 Å². The number of nitrogens with zero attached hydrogens (tertiary/aromatic N) is 1. The molecule has 0 saturated heterocycles. The van der Waals surface area contributed by atoms with Gasteiger partial charge in [-0.15, -0.1) is 24.0 Å². The van der Waals surface area contributed by atoms with Crippen LogP contribution in [0.4, 0.5) is 5.69 Å². The summed E-state index contributed by atoms with van der Waals surface area (Å²) < 4.78 is 10.5. The van der Waals surface area contributed by atoms with E-state index in [2.05, 4.69) is 40.4 Å². The Labute approximate surface area is 176 Å². The molecule has 0 amide bonds. The molecular formula is C20H25IN4O2. The largest absolute Gasteiger partial charge is 0.493 e. The zero-order chi connectivity index (χ0) is 18.5. The third kappa shape index (κ3) is 4.85. The summed E-state index contributed by atoms with van der Waals surface area (Å²) in [7, 11) is 3.20. The second kappa shape index (κ2) is 9.50. The van der Waals surface area contributed by atoms with Crippen LogP contribution in [-0.4, -0.2) is 31.7 Å². The van der Waals surface area contributed by atoms with Crippen LogP contribution in [0, 0.1) is 6.92 Å². The summed E-state index contributed by atoms with van der Waals surface area (Å²) in [6.45, 7) is 2.71. The summed E-state index contributed by atoms with van der Waals surface area (Å²) >= 11 is 0. The summed E-state index contributed by atoms with van der Waals surface area (Å²) in [6.07, 6.45) is 2.86. The highest BCUT2D eigenvalue weighted by Gasteiger charge is 2.06. The molecule has 6 nitrogen and oxygen atoms in total. The molecule has 0 fully saturated rings. The highest BCUT2D eigenvalue weighted by Crippen LogP contribution is 2.29. The van der Waals surface area contributed by atoms with Gasteiger partial charge in [-0.25, -0.2) is 0 Å². The second-order valence-corrected chi connectivity index (χ2v) is 6.02. The van der Waals surface area contributed by atoms with Crippen molar-refractivity contribution in [2.45, 2.75) is 13.3 Å². The number of guanidine groups is 1. The molecule has 7 heteroatoms. The van der Waals surface area contributed by atoms with Crippen LogP contribution in [0.1, 0.15) is 11.1 Å². The van der Waals surface area contributed by atoms with Gasteiger partial charge in [0.05, 0.1) is 14.2 Å². The molecule has 0 aliphatic heterocycles. The summed E-state index contributed by atoms with van der Waals surface area (Å²) in [5, 5.41) is 4.32. The number of benzene rings is 2. The Hall–Kier alpha value is -2.42. The van der Waals surface area contributed by atoms with E-state index in [9.17, 15) is 0 Å². The quantitative estimate of drug-likeness (QED) is 0.282. The Kier molecular flexibility index (Phi) is 7.35. The van der Waals surface area contributed by atoms with Crippen LogP contribution < -0.4 is 20.5 Å². The summed E-state index contributed by atoms with van der Waals surface area (Å²) in [4.78, 5) is 7.76. The van der Waals surface area contributed by atoms with Crippen LogP contribution in [0.3, 0.4) is 0 Å². The third-order valence-corrected chi connectivity index (χ3v) is 4.33. The number of ether oxygens (including phenoxy) is 2. The number of aromatic nitrogens is 1. The SMILES string of the molecule is COc1ccc(NC(N)=NCCc2c[nH]c3c(C)cccc23)cc1OC.I. The Morgan fingerprint density at radius 3 is 2.67 bits per heavy atom. The van der Waals surface area contributed by atoms with Gasteiger partial charge in [0.1, 0.15) is 0 Å². The first-order valence-electron chi connectivity index (χ1n) is 8.47. The Morgan fingerprint density at radius 2 is 1.93 bits per heavy atom. The average molecular weight is 480 g/mol. The molecule has 0 aliphatic carbocycles. The van der Waals surface area contributed by atoms with Crippen LogP contribution in [0.2, 0.25) is 0 Å². The lowest BCUT2D eigenvalue weighted by atomic mass is 10.1. The number of para-hydroxylation sites is 1. The topological polar surface area (TPSA) is 84.7 Å². The van der Waals surface area contributed by atoms with Crippen molar-refractivity contribution in [2.24, 2.45) is 10.7 Å². The lowest BCUT2D eigenvalue weighted by Gasteiger charge is -2.10. The van der Waals surface area contributed by atoms with Crippen molar-refractivity contribution in [2.75, 3.05) is 26.1 Å². The number of methoxy groups -OCH3 is 2. The first kappa shape index (κ1) is 20.9. The summed E-state index contributed by atoms with van der Waals surface area (Å²) in [5.74, 6) is 1.68. The molecule has 0 atom stereocenters. The molecule has 0 unspecified atom stereocenters. The van der Waals surface area contributed by atoms with Gasteiger partial charge < -0.3 is 25.5 Å². The maximum absolute atomic E-state index is 6.00. The third-order valence-electron chi connectivity index (χ3n) is 4.33. The number of H-pyrrole nitrogens is 1. The number of halogens is 1. The predicted molar refractivity (Wildman–Crippen MR) is 122 cm³/mol. The second-order valence-electron chi connectivity index (χ2n) is 6.02. The number of hydrogen-bond donors (Lipinski definition) is 3. The molecule has 3 aromatic rings. The molecule has 0 aliphatic rings. The first-order chi connectivity index (χ1) is 12.6. The van der Waals surface area contributed by atoms with Crippen molar-refractivity contribution < 1.29 is 9.47 Å². The minimum Gasteiger partial charge on any atom is -0.493 e. The standard InChI is InChI=1S/C20H24N4O2.HI/c1-13-5-4-6-16-14(12-23-19(13)16)9-10-22-20(21)24-15-7-8-17(25-2)18(11-15)26-3;/h4-8,11-12,23H,9-10H2,1-3H3,(H3,21,22,24);1H. The van der Waals surface area contributed by atoms with Crippen molar-refractivity contribution in [1.29, 1.82) is 0 Å². The molecule has 0 spiro atoms. The van der Waals surface area contributed by atoms with Gasteiger partial charge in [-0.2, -0.15) is 0 Å². The number of nitrogens with one attached hydrogen (secondary N) is 2. The van der Waals surface area contributed by atoms with Gasteiger partial charge in [0.25, 0.3) is 0 Å². The fourth-order valence-electron chi connectivity index (χ4n) is 2.97. The van der Waals surface area contributed by atoms with E-state index in [4.69, 9.17) is 15.2 Å². The van der Waals surface area contributed by atoms with Gasteiger partial charge in [-0.3, -0.25) is 4.99 Å². The minimum absolute atomic E-state index is 0. The molecule has 1 heterocycles. The normalized spacial score (nSPS) is 11.1. The Bertz CT molecular complexity index is 937. The van der Waals surface area contributed by atoms with Crippen molar-refractivity contribution in [3.05, 3.63) is 53.7 Å². The molecule has 144 valence electrons. The molecule has 0 radical (unpaired) electrons. The number of hydrogen-bond acceptors (Lipinski definition) is 3. The number of fused-ring (bicyclic) bond motifs is 1. The van der Waals surface area contributed by atoms with Gasteiger partial charge in [-0.1, -0.05) is 18.2 Å². The lowest BCUT2D eigenvalue weighted by Crippen LogP contribution is -2.23. The highest BCUT2D eigenvalue weighted by molar-refractivity contribution is 14.0. The fraction of sp³-hybridized carbons (Fsp3) is 0.250. The van der Waals surface area contributed by atoms with E-state index in [1.165, 1.54) is 22.0 Å². The Morgan fingerprint density at radius 1 is 1.15 bits per heavy atom. The maximum atomic E-state index is 6.00. The van der Waals surface area contributed by atoms with E-state index in [1.807, 2.05) is 24.4 Å². The van der Waals surface area contributed by atoms with Gasteiger partial charge in [-0.05, 0) is 36.6 Å². The Balaban J connectivity index is 0.00000261. The van der Waals surface area contributed by atoms with Crippen molar-refractivity contribution in [3.63, 3.8) is 0 Å². The van der Waals surface area contributed by atoms with Crippen molar-refractivity contribution in [1.82, 2.24) is 4.98 Å². The molecule has 4 N–H and O–H groups in total. The lowest BCUT2D eigenvalue weighted by molar-refractivity contribution is 0.355. The van der Waals surface area contributed by atoms with Gasteiger partial charge in [0.15, 0.2) is 17.5 Å². The molecule has 27 heavy (non-hydrogen) atoms. The molecule has 2 aromatic carbocycles. The molecule has 0 bridgehead atoms. The number of rotatable bonds is 6. The van der Waals surface area contributed by atoms with E-state index >= 15 is 0 Å². The van der Waals surface area contributed by atoms with Crippen molar-refractivity contribution >= 4 is 46.5 Å². The van der Waals surface area contributed by atoms with E-state index in [1.54, 1.807) is 14.2 Å². The van der Waals surface area contributed by atoms with Crippen molar-refractivity contribution in [3.8, 4) is 11.5 Å². The van der Waals surface area contributed by atoms with Crippen LogP contribution in [-0.2, 0) is 6.42 Å². The molecule has 0 saturated carbocycles. The molecular weight excluding hydrogens is 455 g/mol. The van der Waals surface area contributed by atoms with E-state index < -0.39 is 0 Å². The average Bonchev–Trinajstić information content (AvgIpc) is 3.06. The first-order valence-corrected chi connectivity index (χ1v) is 8.47. The van der Waals surface area contributed by atoms with Crippen LogP contribution in [0.5, 0.6) is 11.5 Å². The smallest absolute Gasteiger partial charge is 0.193 e. The number of aryl methyl sites for hydroxylation is 1. The van der Waals surface area contributed by atoms with E-state index in [0.29, 0.717) is 24.0 Å². The minimum atomic E-state index is 0. The summed E-state index contributed by atoms with van der Waals surface area (Å²) in [6, 6.07) is 11.8. The summed E-state index contributed by atoms with van der Waals surface area (Å²) in [5.41, 5.74) is 10.5. The van der Waals surface area contributed by atoms with Gasteiger partial charge >= 0.3 is 0 Å². The zero-order valence-corrected chi connectivity index (χ0v) is 18.0. The van der Waals surface area contributed by atoms with Gasteiger partial charge in [0.2, 0.25) is 0 Å².